The zero-order chi connectivity index (χ0) is 27.2. The third-order valence-electron chi connectivity index (χ3n) is 11.0. The van der Waals surface area contributed by atoms with Crippen molar-refractivity contribution in [3.8, 4) is 0 Å². The van der Waals surface area contributed by atoms with Gasteiger partial charge in [-0.2, -0.15) is 0 Å². The van der Waals surface area contributed by atoms with Gasteiger partial charge in [-0.3, -0.25) is 4.79 Å². The number of amides is 2. The van der Waals surface area contributed by atoms with E-state index in [-0.39, 0.29) is 47.2 Å². The van der Waals surface area contributed by atoms with Crippen LogP contribution in [0.15, 0.2) is 12.7 Å². The largest absolute Gasteiger partial charge is 0.446 e. The molecule has 3 unspecified atom stereocenters. The summed E-state index contributed by atoms with van der Waals surface area (Å²) in [5, 5.41) is 2.28. The highest BCUT2D eigenvalue weighted by molar-refractivity contribution is 5.90. The summed E-state index contributed by atoms with van der Waals surface area (Å²) in [7, 11) is 1.74. The third-order valence-corrected chi connectivity index (χ3v) is 11.0. The van der Waals surface area contributed by atoms with Crippen LogP contribution in [0.4, 0.5) is 9.59 Å². The lowest BCUT2D eigenvalue weighted by atomic mass is 9.44. The minimum atomic E-state index is -0.854. The topological polar surface area (TPSA) is 117 Å². The van der Waals surface area contributed by atoms with Gasteiger partial charge >= 0.3 is 12.2 Å². The molecule has 0 heterocycles. The molecule has 4 aliphatic carbocycles. The van der Waals surface area contributed by atoms with Crippen molar-refractivity contribution in [2.75, 3.05) is 7.11 Å². The van der Waals surface area contributed by atoms with Gasteiger partial charge in [-0.05, 0) is 69.6 Å². The number of methoxy groups -OCH3 is 1. The molecule has 208 valence electrons. The standard InChI is InChI=1S/C29H46N2O6/c1-7-27(4)16-22(37-26(34)31-25(33)36-20-10-8-19(30)9-11-20)28(5)17(2)12-14-29(18(3)24(27)32)15-13-21(35-6)23(28)29/h7,17-23H,1,8-16,30H2,2-6H3,(H,31,33,34)/t17?,18-,19?,20?,21?,22+,23?,27+,28-,29-/m0/s1. The molecule has 8 heteroatoms. The van der Waals surface area contributed by atoms with Crippen molar-refractivity contribution in [1.29, 1.82) is 0 Å². The summed E-state index contributed by atoms with van der Waals surface area (Å²) < 4.78 is 17.6. The number of hydrogen-bond donors (Lipinski definition) is 2. The number of rotatable bonds is 4. The minimum absolute atomic E-state index is 0.0205. The monoisotopic (exact) mass is 518 g/mol. The second-order valence-electron chi connectivity index (χ2n) is 12.7. The van der Waals surface area contributed by atoms with Gasteiger partial charge in [0, 0.05) is 42.2 Å². The molecule has 2 amide bonds. The first-order valence-electron chi connectivity index (χ1n) is 14.1. The van der Waals surface area contributed by atoms with E-state index in [1.54, 1.807) is 13.2 Å². The number of nitrogens with two attached hydrogens (primary N) is 1. The Hall–Kier alpha value is -1.93. The molecule has 37 heavy (non-hydrogen) atoms. The summed E-state index contributed by atoms with van der Waals surface area (Å²) in [6, 6.07) is 0.133. The number of Topliss-reactive ketones (excluding diaryl/α,β-unsaturated/α-hetero) is 1. The SMILES string of the molecule is C=C[C@]1(C)C[C@@H](OC(=O)NC(=O)OC2CCC(N)CC2)[C@]2(C)C(C)CC[C@]3(CCC(OC)C32)[C@@H](C)C1=O. The van der Waals surface area contributed by atoms with E-state index in [0.717, 1.165) is 38.5 Å². The van der Waals surface area contributed by atoms with Crippen LogP contribution in [0.1, 0.15) is 85.5 Å². The van der Waals surface area contributed by atoms with E-state index in [1.807, 2.05) is 6.92 Å². The first kappa shape index (κ1) is 28.1. The summed E-state index contributed by atoms with van der Waals surface area (Å²) in [5.74, 6) is 0.274. The molecule has 8 nitrogen and oxygen atoms in total. The van der Waals surface area contributed by atoms with Gasteiger partial charge in [0.2, 0.25) is 0 Å². The maximum absolute atomic E-state index is 14.0. The van der Waals surface area contributed by atoms with Crippen molar-refractivity contribution in [1.82, 2.24) is 5.32 Å². The molecule has 3 N–H and O–H groups in total. The summed E-state index contributed by atoms with van der Waals surface area (Å²) in [5.41, 5.74) is 4.42. The molecule has 4 saturated carbocycles. The first-order valence-corrected chi connectivity index (χ1v) is 14.1. The molecule has 0 aliphatic heterocycles. The van der Waals surface area contributed by atoms with E-state index in [2.05, 4.69) is 32.7 Å². The van der Waals surface area contributed by atoms with Crippen molar-refractivity contribution in [3.63, 3.8) is 0 Å². The van der Waals surface area contributed by atoms with Crippen LogP contribution in [0.2, 0.25) is 0 Å². The van der Waals surface area contributed by atoms with Crippen molar-refractivity contribution in [3.05, 3.63) is 12.7 Å². The van der Waals surface area contributed by atoms with Gasteiger partial charge in [-0.25, -0.2) is 14.9 Å². The van der Waals surface area contributed by atoms with E-state index in [4.69, 9.17) is 19.9 Å². The molecule has 0 spiro atoms. The van der Waals surface area contributed by atoms with Crippen molar-refractivity contribution < 1.29 is 28.6 Å². The van der Waals surface area contributed by atoms with Gasteiger partial charge in [0.1, 0.15) is 18.0 Å². The van der Waals surface area contributed by atoms with Gasteiger partial charge in [0.15, 0.2) is 0 Å². The molecule has 0 aromatic rings. The van der Waals surface area contributed by atoms with Crippen LogP contribution >= 0.6 is 0 Å². The number of carbonyl (C=O) groups excluding carboxylic acids is 3. The van der Waals surface area contributed by atoms with Crippen molar-refractivity contribution in [2.24, 2.45) is 39.7 Å². The fourth-order valence-corrected chi connectivity index (χ4v) is 8.42. The summed E-state index contributed by atoms with van der Waals surface area (Å²) in [6.07, 6.45) is 6.12. The second kappa shape index (κ2) is 10.3. The second-order valence-corrected chi connectivity index (χ2v) is 12.7. The predicted octanol–water partition coefficient (Wildman–Crippen LogP) is 5.14. The van der Waals surface area contributed by atoms with E-state index >= 15 is 0 Å². The average molecular weight is 519 g/mol. The molecule has 0 radical (unpaired) electrons. The van der Waals surface area contributed by atoms with E-state index in [1.165, 1.54) is 0 Å². The zero-order valence-electron chi connectivity index (χ0n) is 23.2. The van der Waals surface area contributed by atoms with E-state index in [0.29, 0.717) is 19.3 Å². The Balaban J connectivity index is 1.61. The number of ketones is 1. The van der Waals surface area contributed by atoms with Gasteiger partial charge in [-0.15, -0.1) is 6.58 Å². The van der Waals surface area contributed by atoms with Crippen LogP contribution in [0.25, 0.3) is 0 Å². The Morgan fingerprint density at radius 1 is 1.03 bits per heavy atom. The average Bonchev–Trinajstić information content (AvgIpc) is 3.26. The van der Waals surface area contributed by atoms with Gasteiger partial charge in [0.25, 0.3) is 0 Å². The van der Waals surface area contributed by atoms with Gasteiger partial charge in [0.05, 0.1) is 6.10 Å². The predicted molar refractivity (Wildman–Crippen MR) is 140 cm³/mol. The number of allylic oxidation sites excluding steroid dienone is 1. The van der Waals surface area contributed by atoms with Crippen LogP contribution in [0.3, 0.4) is 0 Å². The van der Waals surface area contributed by atoms with Crippen LogP contribution in [-0.2, 0) is 19.0 Å². The fraction of sp³-hybridized carbons (Fsp3) is 0.828. The Bertz CT molecular complexity index is 916. The van der Waals surface area contributed by atoms with Gasteiger partial charge in [-0.1, -0.05) is 26.8 Å². The Kier molecular flexibility index (Phi) is 7.84. The summed E-state index contributed by atoms with van der Waals surface area (Å²) in [6.45, 7) is 12.4. The highest BCUT2D eigenvalue weighted by Gasteiger charge is 2.68. The van der Waals surface area contributed by atoms with Crippen molar-refractivity contribution in [2.45, 2.75) is 110 Å². The van der Waals surface area contributed by atoms with Crippen molar-refractivity contribution >= 4 is 18.0 Å². The Labute approximate surface area is 221 Å². The highest BCUT2D eigenvalue weighted by Crippen LogP contribution is 2.68. The maximum atomic E-state index is 14.0. The number of imide groups is 1. The molecule has 2 bridgehead atoms. The molecule has 0 aromatic carbocycles. The van der Waals surface area contributed by atoms with E-state index in [9.17, 15) is 14.4 Å². The third kappa shape index (κ3) is 4.73. The maximum Gasteiger partial charge on any atom is 0.416 e. The number of ether oxygens (including phenoxy) is 3. The molecule has 0 saturated heterocycles. The Morgan fingerprint density at radius 3 is 2.27 bits per heavy atom. The normalized spacial score (nSPS) is 45.7. The molecular weight excluding hydrogens is 472 g/mol. The van der Waals surface area contributed by atoms with Gasteiger partial charge < -0.3 is 19.9 Å². The number of alkyl carbamates (subject to hydrolysis) is 2. The number of hydrogen-bond acceptors (Lipinski definition) is 7. The number of carbonyl (C=O) groups is 3. The fourth-order valence-electron chi connectivity index (χ4n) is 8.42. The smallest absolute Gasteiger partial charge is 0.416 e. The van der Waals surface area contributed by atoms with E-state index < -0.39 is 29.1 Å². The molecule has 8 atom stereocenters. The molecule has 4 aliphatic rings. The molecule has 4 fully saturated rings. The van der Waals surface area contributed by atoms with Crippen LogP contribution in [-0.4, -0.2) is 49.4 Å². The summed E-state index contributed by atoms with van der Waals surface area (Å²) in [4.78, 5) is 39.6. The highest BCUT2D eigenvalue weighted by atomic mass is 16.6. The van der Waals surface area contributed by atoms with Crippen LogP contribution < -0.4 is 11.1 Å². The minimum Gasteiger partial charge on any atom is -0.446 e. The lowest BCUT2D eigenvalue weighted by Crippen LogP contribution is -2.63. The lowest BCUT2D eigenvalue weighted by molar-refractivity contribution is -0.188. The first-order chi connectivity index (χ1) is 17.4. The van der Waals surface area contributed by atoms with Crippen LogP contribution in [0, 0.1) is 34.0 Å². The lowest BCUT2D eigenvalue weighted by Gasteiger charge is -2.61. The zero-order valence-corrected chi connectivity index (χ0v) is 23.2. The number of nitrogens with one attached hydrogen (secondary N) is 1. The Morgan fingerprint density at radius 2 is 1.65 bits per heavy atom. The molecule has 4 rings (SSSR count). The molecular formula is C29H46N2O6. The quantitative estimate of drug-likeness (QED) is 0.495. The van der Waals surface area contributed by atoms with Crippen LogP contribution in [0.5, 0.6) is 0 Å². The summed E-state index contributed by atoms with van der Waals surface area (Å²) >= 11 is 0. The molecule has 0 aromatic heterocycles.